The van der Waals surface area contributed by atoms with Crippen molar-refractivity contribution < 1.29 is 5.11 Å². The van der Waals surface area contributed by atoms with Crippen LogP contribution in [0, 0.1) is 6.92 Å². The number of aryl methyl sites for hydroxylation is 2. The Labute approximate surface area is 124 Å². The topological polar surface area (TPSA) is 20.2 Å². The highest BCUT2D eigenvalue weighted by atomic mass is 16.3. The Hall–Kier alpha value is -2.12. The molecule has 4 rings (SSSR count). The Balaban J connectivity index is 1.91. The summed E-state index contributed by atoms with van der Waals surface area (Å²) >= 11 is 0. The van der Waals surface area contributed by atoms with Crippen molar-refractivity contribution in [2.24, 2.45) is 0 Å². The van der Waals surface area contributed by atoms with Crippen molar-refractivity contribution in [3.63, 3.8) is 0 Å². The van der Waals surface area contributed by atoms with Gasteiger partial charge in [0, 0.05) is 0 Å². The number of hydrogen-bond donors (Lipinski definition) is 1. The molecular weight excluding hydrogens is 256 g/mol. The molecule has 1 nitrogen and oxygen atoms in total. The molecule has 21 heavy (non-hydrogen) atoms. The summed E-state index contributed by atoms with van der Waals surface area (Å²) in [5, 5.41) is 13.7. The molecule has 0 spiro atoms. The van der Waals surface area contributed by atoms with Gasteiger partial charge in [-0.3, -0.25) is 0 Å². The van der Waals surface area contributed by atoms with Gasteiger partial charge in [-0.05, 0) is 53.3 Å². The summed E-state index contributed by atoms with van der Waals surface area (Å²) in [6.45, 7) is 2.08. The molecule has 0 bridgehead atoms. The molecule has 0 saturated carbocycles. The first-order chi connectivity index (χ1) is 10.2. The second-order valence-electron chi connectivity index (χ2n) is 6.08. The number of rotatable bonds is 1. The Kier molecular flexibility index (Phi) is 2.66. The summed E-state index contributed by atoms with van der Waals surface area (Å²) in [6, 6.07) is 21.0. The lowest BCUT2D eigenvalue weighted by molar-refractivity contribution is 0.0830. The fourth-order valence-corrected chi connectivity index (χ4v) is 3.49. The Morgan fingerprint density at radius 3 is 2.57 bits per heavy atom. The average Bonchev–Trinajstić information content (AvgIpc) is 2.85. The number of hydrogen-bond acceptors (Lipinski definition) is 1. The lowest BCUT2D eigenvalue weighted by Gasteiger charge is -2.25. The third-order valence-electron chi connectivity index (χ3n) is 4.69. The van der Waals surface area contributed by atoms with E-state index in [0.717, 1.165) is 24.0 Å². The predicted octanol–water partition coefficient (Wildman–Crippen LogP) is 4.33. The number of benzene rings is 3. The van der Waals surface area contributed by atoms with Gasteiger partial charge >= 0.3 is 0 Å². The van der Waals surface area contributed by atoms with Crippen molar-refractivity contribution >= 4 is 10.8 Å². The van der Waals surface area contributed by atoms with E-state index in [-0.39, 0.29) is 0 Å². The van der Waals surface area contributed by atoms with Gasteiger partial charge in [0.1, 0.15) is 5.60 Å². The summed E-state index contributed by atoms with van der Waals surface area (Å²) in [5.41, 5.74) is 3.72. The van der Waals surface area contributed by atoms with Crippen LogP contribution in [0.3, 0.4) is 0 Å². The highest BCUT2D eigenvalue weighted by Gasteiger charge is 2.38. The minimum absolute atomic E-state index is 0.768. The van der Waals surface area contributed by atoms with Gasteiger partial charge in [-0.25, -0.2) is 0 Å². The highest BCUT2D eigenvalue weighted by Crippen LogP contribution is 2.42. The van der Waals surface area contributed by atoms with Crippen molar-refractivity contribution in [1.82, 2.24) is 0 Å². The lowest BCUT2D eigenvalue weighted by Crippen LogP contribution is -2.23. The summed E-state index contributed by atoms with van der Waals surface area (Å²) < 4.78 is 0. The van der Waals surface area contributed by atoms with E-state index >= 15 is 0 Å². The maximum Gasteiger partial charge on any atom is 0.115 e. The van der Waals surface area contributed by atoms with E-state index in [1.807, 2.05) is 12.1 Å². The van der Waals surface area contributed by atoms with Crippen LogP contribution in [0.4, 0.5) is 0 Å². The minimum atomic E-state index is -0.842. The largest absolute Gasteiger partial charge is 0.380 e. The fourth-order valence-electron chi connectivity index (χ4n) is 3.49. The lowest BCUT2D eigenvalue weighted by atomic mass is 9.86. The van der Waals surface area contributed by atoms with Gasteiger partial charge in [0.15, 0.2) is 0 Å². The van der Waals surface area contributed by atoms with Crippen molar-refractivity contribution in [2.75, 3.05) is 0 Å². The van der Waals surface area contributed by atoms with E-state index in [2.05, 4.69) is 55.5 Å². The zero-order valence-electron chi connectivity index (χ0n) is 12.1. The molecular formula is C20H18O. The van der Waals surface area contributed by atoms with E-state index in [1.54, 1.807) is 0 Å². The molecule has 0 amide bonds. The van der Waals surface area contributed by atoms with E-state index in [9.17, 15) is 5.11 Å². The zero-order valence-corrected chi connectivity index (χ0v) is 12.1. The van der Waals surface area contributed by atoms with Crippen LogP contribution in [0.2, 0.25) is 0 Å². The first-order valence-corrected chi connectivity index (χ1v) is 7.48. The minimum Gasteiger partial charge on any atom is -0.380 e. The molecule has 0 aliphatic heterocycles. The van der Waals surface area contributed by atoms with Gasteiger partial charge in [-0.2, -0.15) is 0 Å². The van der Waals surface area contributed by atoms with Gasteiger partial charge in [-0.1, -0.05) is 60.2 Å². The van der Waals surface area contributed by atoms with Crippen LogP contribution in [0.5, 0.6) is 0 Å². The van der Waals surface area contributed by atoms with E-state index in [4.69, 9.17) is 0 Å². The first kappa shape index (κ1) is 12.6. The quantitative estimate of drug-likeness (QED) is 0.700. The molecule has 1 heteroatoms. The third kappa shape index (κ3) is 1.89. The van der Waals surface area contributed by atoms with Crippen LogP contribution in [-0.4, -0.2) is 5.11 Å². The molecule has 0 radical (unpaired) electrons. The molecule has 3 aromatic rings. The van der Waals surface area contributed by atoms with Crippen LogP contribution in [0.15, 0.2) is 60.7 Å². The van der Waals surface area contributed by atoms with Crippen molar-refractivity contribution in [3.8, 4) is 0 Å². The molecule has 1 aliphatic rings. The van der Waals surface area contributed by atoms with E-state index in [1.165, 1.54) is 21.9 Å². The molecule has 104 valence electrons. The molecule has 3 aromatic carbocycles. The summed E-state index contributed by atoms with van der Waals surface area (Å²) in [7, 11) is 0. The van der Waals surface area contributed by atoms with Crippen LogP contribution in [0.25, 0.3) is 10.8 Å². The SMILES string of the molecule is Cc1ccc2c(c1)C(O)(c1ccc3ccccc3c1)CC2. The molecule has 0 aromatic heterocycles. The fraction of sp³-hybridized carbons (Fsp3) is 0.200. The second kappa shape index (κ2) is 4.44. The first-order valence-electron chi connectivity index (χ1n) is 7.48. The Morgan fingerprint density at radius 1 is 0.905 bits per heavy atom. The van der Waals surface area contributed by atoms with Crippen LogP contribution < -0.4 is 0 Å². The Bertz CT molecular complexity index is 834. The van der Waals surface area contributed by atoms with Gasteiger partial charge in [0.05, 0.1) is 0 Å². The van der Waals surface area contributed by atoms with Gasteiger partial charge in [0.2, 0.25) is 0 Å². The predicted molar refractivity (Wildman–Crippen MR) is 86.4 cm³/mol. The third-order valence-corrected chi connectivity index (χ3v) is 4.69. The van der Waals surface area contributed by atoms with Gasteiger partial charge < -0.3 is 5.11 Å². The van der Waals surface area contributed by atoms with Crippen LogP contribution in [-0.2, 0) is 12.0 Å². The van der Waals surface area contributed by atoms with Gasteiger partial charge in [-0.15, -0.1) is 0 Å². The van der Waals surface area contributed by atoms with E-state index in [0.29, 0.717) is 0 Å². The van der Waals surface area contributed by atoms with Crippen molar-refractivity contribution in [3.05, 3.63) is 82.9 Å². The molecule has 1 N–H and O–H groups in total. The molecule has 1 atom stereocenters. The van der Waals surface area contributed by atoms with Gasteiger partial charge in [0.25, 0.3) is 0 Å². The highest BCUT2D eigenvalue weighted by molar-refractivity contribution is 5.83. The Morgan fingerprint density at radius 2 is 1.71 bits per heavy atom. The van der Waals surface area contributed by atoms with Crippen LogP contribution in [0.1, 0.15) is 28.7 Å². The second-order valence-corrected chi connectivity index (χ2v) is 6.08. The maximum atomic E-state index is 11.3. The summed E-state index contributed by atoms with van der Waals surface area (Å²) in [4.78, 5) is 0. The number of aliphatic hydroxyl groups is 1. The average molecular weight is 274 g/mol. The van der Waals surface area contributed by atoms with Crippen molar-refractivity contribution in [2.45, 2.75) is 25.4 Å². The molecule has 0 saturated heterocycles. The molecule has 1 unspecified atom stereocenters. The summed E-state index contributed by atoms with van der Waals surface area (Å²) in [6.07, 6.45) is 1.71. The maximum absolute atomic E-state index is 11.3. The van der Waals surface area contributed by atoms with Crippen LogP contribution >= 0.6 is 0 Å². The smallest absolute Gasteiger partial charge is 0.115 e. The molecule has 0 heterocycles. The molecule has 0 fully saturated rings. The number of fused-ring (bicyclic) bond motifs is 2. The monoisotopic (exact) mass is 274 g/mol. The summed E-state index contributed by atoms with van der Waals surface area (Å²) in [5.74, 6) is 0. The van der Waals surface area contributed by atoms with Crippen molar-refractivity contribution in [1.29, 1.82) is 0 Å². The standard InChI is InChI=1S/C20H18O/c1-14-6-7-16-10-11-20(21,19(16)12-14)18-9-8-15-4-2-3-5-17(15)13-18/h2-9,12-13,21H,10-11H2,1H3. The molecule has 1 aliphatic carbocycles. The zero-order chi connectivity index (χ0) is 14.4. The normalized spacial score (nSPS) is 20.7. The van der Waals surface area contributed by atoms with E-state index < -0.39 is 5.60 Å².